The van der Waals surface area contributed by atoms with E-state index in [0.717, 1.165) is 11.3 Å². The van der Waals surface area contributed by atoms with Crippen LogP contribution >= 0.6 is 0 Å². The zero-order valence-electron chi connectivity index (χ0n) is 20.8. The number of methoxy groups -OCH3 is 2. The molecule has 0 atom stereocenters. The van der Waals surface area contributed by atoms with Crippen LogP contribution in [0.25, 0.3) is 16.6 Å². The van der Waals surface area contributed by atoms with E-state index in [1.54, 1.807) is 35.6 Å². The monoisotopic (exact) mass is 501 g/mol. The van der Waals surface area contributed by atoms with Crippen molar-refractivity contribution < 1.29 is 14.2 Å². The van der Waals surface area contributed by atoms with Crippen LogP contribution in [0, 0.1) is 0 Å². The smallest absolute Gasteiger partial charge is 0.281 e. The minimum atomic E-state index is -0.308. The highest BCUT2D eigenvalue weighted by Gasteiger charge is 2.20. The van der Waals surface area contributed by atoms with Gasteiger partial charge in [0.1, 0.15) is 17.2 Å². The van der Waals surface area contributed by atoms with E-state index in [0.29, 0.717) is 40.3 Å². The van der Waals surface area contributed by atoms with Crippen molar-refractivity contribution in [2.45, 2.75) is 19.8 Å². The fourth-order valence-corrected chi connectivity index (χ4v) is 4.31. The van der Waals surface area contributed by atoms with Crippen molar-refractivity contribution in [1.82, 2.24) is 24.1 Å². The third-order valence-corrected chi connectivity index (χ3v) is 6.15. The Hall–Kier alpha value is -4.57. The number of aryl methyl sites for hydroxylation is 1. The standard InChI is InChI=1S/C27H27N5O5/c1-30-13-12-19(28-30)15-31-23(17-37-16-18-8-10-20(35-2)11-9-18)26-21(14-25(31)33)29-32(27(26)34)22-6-4-5-7-24(22)36-3/h4-14,29H,15-17H2,1-3H3. The maximum Gasteiger partial charge on any atom is 0.281 e. The van der Waals surface area contributed by atoms with Gasteiger partial charge in [0, 0.05) is 19.3 Å². The summed E-state index contributed by atoms with van der Waals surface area (Å²) in [5.74, 6) is 1.28. The summed E-state index contributed by atoms with van der Waals surface area (Å²) < 4.78 is 21.3. The summed E-state index contributed by atoms with van der Waals surface area (Å²) >= 11 is 0. The number of nitrogens with zero attached hydrogens (tertiary/aromatic N) is 4. The van der Waals surface area contributed by atoms with Gasteiger partial charge < -0.3 is 18.8 Å². The minimum absolute atomic E-state index is 0.0461. The molecule has 0 bridgehead atoms. The van der Waals surface area contributed by atoms with Crippen LogP contribution in [0.3, 0.4) is 0 Å². The normalized spacial score (nSPS) is 11.2. The zero-order chi connectivity index (χ0) is 25.9. The predicted molar refractivity (Wildman–Crippen MR) is 139 cm³/mol. The van der Waals surface area contributed by atoms with Gasteiger partial charge in [-0.3, -0.25) is 19.4 Å². The molecular formula is C27H27N5O5. The quantitative estimate of drug-likeness (QED) is 0.333. The molecule has 0 aliphatic heterocycles. The van der Waals surface area contributed by atoms with E-state index in [1.807, 2.05) is 55.7 Å². The highest BCUT2D eigenvalue weighted by Crippen LogP contribution is 2.23. The minimum Gasteiger partial charge on any atom is -0.497 e. The van der Waals surface area contributed by atoms with Crippen molar-refractivity contribution >= 4 is 10.9 Å². The molecule has 0 spiro atoms. The van der Waals surface area contributed by atoms with Crippen molar-refractivity contribution in [3.05, 3.63) is 105 Å². The summed E-state index contributed by atoms with van der Waals surface area (Å²) in [4.78, 5) is 27.0. The molecule has 0 unspecified atom stereocenters. The summed E-state index contributed by atoms with van der Waals surface area (Å²) in [6.07, 6.45) is 1.81. The van der Waals surface area contributed by atoms with Gasteiger partial charge in [0.25, 0.3) is 11.1 Å². The van der Waals surface area contributed by atoms with Crippen LogP contribution in [0.15, 0.2) is 76.4 Å². The fraction of sp³-hybridized carbons (Fsp3) is 0.222. The first kappa shape index (κ1) is 24.1. The third kappa shape index (κ3) is 4.78. The van der Waals surface area contributed by atoms with Gasteiger partial charge in [-0.1, -0.05) is 24.3 Å². The Morgan fingerprint density at radius 1 is 0.946 bits per heavy atom. The van der Waals surface area contributed by atoms with Crippen LogP contribution in [-0.2, 0) is 31.5 Å². The van der Waals surface area contributed by atoms with E-state index in [9.17, 15) is 9.59 Å². The van der Waals surface area contributed by atoms with Gasteiger partial charge in [-0.05, 0) is 35.9 Å². The largest absolute Gasteiger partial charge is 0.497 e. The number of para-hydroxylation sites is 2. The van der Waals surface area contributed by atoms with Crippen LogP contribution in [0.2, 0.25) is 0 Å². The molecule has 0 saturated heterocycles. The van der Waals surface area contributed by atoms with E-state index in [-0.39, 0.29) is 24.3 Å². The molecule has 0 aliphatic rings. The summed E-state index contributed by atoms with van der Waals surface area (Å²) in [5, 5.41) is 7.85. The number of nitrogens with one attached hydrogen (secondary N) is 1. The molecule has 0 aliphatic carbocycles. The Morgan fingerprint density at radius 2 is 1.73 bits per heavy atom. The summed E-state index contributed by atoms with van der Waals surface area (Å²) in [7, 11) is 4.97. The molecule has 190 valence electrons. The van der Waals surface area contributed by atoms with Crippen LogP contribution in [0.4, 0.5) is 0 Å². The number of aromatic amines is 1. The number of ether oxygens (including phenoxy) is 3. The van der Waals surface area contributed by atoms with Crippen molar-refractivity contribution in [2.24, 2.45) is 7.05 Å². The SMILES string of the molecule is COc1ccc(COCc2c3c(=O)n(-c4ccccc4OC)[nH]c3cc(=O)n2Cc2ccn(C)n2)cc1. The molecule has 3 heterocycles. The van der Waals surface area contributed by atoms with E-state index in [4.69, 9.17) is 14.2 Å². The number of pyridine rings is 1. The molecule has 0 radical (unpaired) electrons. The molecule has 10 nitrogen and oxygen atoms in total. The Bertz CT molecular complexity index is 1660. The lowest BCUT2D eigenvalue weighted by molar-refractivity contribution is 0.103. The average molecular weight is 502 g/mol. The number of rotatable bonds is 9. The molecule has 2 aromatic carbocycles. The first-order chi connectivity index (χ1) is 18.0. The first-order valence-corrected chi connectivity index (χ1v) is 11.7. The molecule has 5 aromatic rings. The second kappa shape index (κ2) is 10.2. The summed E-state index contributed by atoms with van der Waals surface area (Å²) in [5.41, 5.74) is 2.48. The fourth-order valence-electron chi connectivity index (χ4n) is 4.31. The number of hydrogen-bond donors (Lipinski definition) is 1. The van der Waals surface area contributed by atoms with Crippen molar-refractivity contribution in [1.29, 1.82) is 0 Å². The van der Waals surface area contributed by atoms with Crippen LogP contribution in [0.1, 0.15) is 17.0 Å². The predicted octanol–water partition coefficient (Wildman–Crippen LogP) is 3.00. The lowest BCUT2D eigenvalue weighted by Gasteiger charge is -2.13. The Morgan fingerprint density at radius 3 is 2.43 bits per heavy atom. The average Bonchev–Trinajstić information content (AvgIpc) is 3.47. The second-order valence-electron chi connectivity index (χ2n) is 8.55. The van der Waals surface area contributed by atoms with Crippen molar-refractivity contribution in [3.8, 4) is 17.2 Å². The first-order valence-electron chi connectivity index (χ1n) is 11.7. The Balaban J connectivity index is 1.59. The second-order valence-corrected chi connectivity index (χ2v) is 8.55. The van der Waals surface area contributed by atoms with E-state index in [2.05, 4.69) is 10.2 Å². The van der Waals surface area contributed by atoms with Gasteiger partial charge in [0.15, 0.2) is 0 Å². The molecule has 0 saturated carbocycles. The molecular weight excluding hydrogens is 474 g/mol. The highest BCUT2D eigenvalue weighted by molar-refractivity contribution is 5.81. The van der Waals surface area contributed by atoms with E-state index in [1.165, 1.54) is 10.7 Å². The van der Waals surface area contributed by atoms with E-state index >= 15 is 0 Å². The van der Waals surface area contributed by atoms with Crippen LogP contribution in [-0.4, -0.2) is 38.3 Å². The molecule has 0 amide bonds. The van der Waals surface area contributed by atoms with Gasteiger partial charge in [0.2, 0.25) is 0 Å². The number of H-pyrrole nitrogens is 1. The molecule has 5 rings (SSSR count). The van der Waals surface area contributed by atoms with Crippen LogP contribution in [0.5, 0.6) is 11.5 Å². The lowest BCUT2D eigenvalue weighted by Crippen LogP contribution is -2.26. The van der Waals surface area contributed by atoms with Gasteiger partial charge in [-0.25, -0.2) is 4.68 Å². The zero-order valence-corrected chi connectivity index (χ0v) is 20.8. The summed E-state index contributed by atoms with van der Waals surface area (Å²) in [6, 6.07) is 18.0. The maximum absolute atomic E-state index is 13.7. The number of benzene rings is 2. The lowest BCUT2D eigenvalue weighted by atomic mass is 10.2. The highest BCUT2D eigenvalue weighted by atomic mass is 16.5. The van der Waals surface area contributed by atoms with Crippen LogP contribution < -0.4 is 20.6 Å². The molecule has 10 heteroatoms. The topological polar surface area (TPSA) is 105 Å². The summed E-state index contributed by atoms with van der Waals surface area (Å²) in [6.45, 7) is 0.545. The maximum atomic E-state index is 13.7. The van der Waals surface area contributed by atoms with Crippen molar-refractivity contribution in [3.63, 3.8) is 0 Å². The molecule has 3 aromatic heterocycles. The van der Waals surface area contributed by atoms with Gasteiger partial charge in [-0.2, -0.15) is 5.10 Å². The number of hydrogen-bond acceptors (Lipinski definition) is 6. The van der Waals surface area contributed by atoms with Crippen molar-refractivity contribution in [2.75, 3.05) is 14.2 Å². The number of aromatic nitrogens is 5. The van der Waals surface area contributed by atoms with Gasteiger partial charge in [0.05, 0.1) is 56.3 Å². The Kier molecular flexibility index (Phi) is 6.65. The van der Waals surface area contributed by atoms with E-state index < -0.39 is 0 Å². The third-order valence-electron chi connectivity index (χ3n) is 6.15. The molecule has 0 fully saturated rings. The van der Waals surface area contributed by atoms with Gasteiger partial charge in [-0.15, -0.1) is 0 Å². The van der Waals surface area contributed by atoms with Gasteiger partial charge >= 0.3 is 0 Å². The Labute approximate surface area is 212 Å². The molecule has 37 heavy (non-hydrogen) atoms. The number of fused-ring (bicyclic) bond motifs is 1. The molecule has 1 N–H and O–H groups in total.